The van der Waals surface area contributed by atoms with E-state index < -0.39 is 0 Å². The SMILES string of the molecule is CCC.Cc1ccc2c(c1)CNCC21CC1. The summed E-state index contributed by atoms with van der Waals surface area (Å²) in [5.74, 6) is 0. The molecule has 1 heteroatoms. The van der Waals surface area contributed by atoms with E-state index in [-0.39, 0.29) is 0 Å². The van der Waals surface area contributed by atoms with Gasteiger partial charge in [-0.15, -0.1) is 0 Å². The fourth-order valence-electron chi connectivity index (χ4n) is 2.51. The first kappa shape index (κ1) is 11.7. The van der Waals surface area contributed by atoms with Gasteiger partial charge in [0, 0.05) is 18.5 Å². The molecule has 1 saturated carbocycles. The molecule has 1 aliphatic heterocycles. The van der Waals surface area contributed by atoms with E-state index in [1.54, 1.807) is 5.56 Å². The minimum atomic E-state index is 0.543. The number of fused-ring (bicyclic) bond motifs is 2. The molecule has 0 radical (unpaired) electrons. The van der Waals surface area contributed by atoms with Crippen molar-refractivity contribution in [2.24, 2.45) is 0 Å². The molecule has 0 amide bonds. The van der Waals surface area contributed by atoms with Crippen molar-refractivity contribution in [1.29, 1.82) is 0 Å². The van der Waals surface area contributed by atoms with E-state index in [2.05, 4.69) is 44.3 Å². The number of benzene rings is 1. The zero-order valence-corrected chi connectivity index (χ0v) is 10.8. The lowest BCUT2D eigenvalue weighted by atomic mass is 9.87. The molecule has 88 valence electrons. The van der Waals surface area contributed by atoms with Crippen LogP contribution in [0, 0.1) is 6.92 Å². The van der Waals surface area contributed by atoms with Gasteiger partial charge < -0.3 is 5.32 Å². The van der Waals surface area contributed by atoms with E-state index in [1.165, 1.54) is 36.9 Å². The van der Waals surface area contributed by atoms with Gasteiger partial charge >= 0.3 is 0 Å². The van der Waals surface area contributed by atoms with E-state index in [4.69, 9.17) is 0 Å². The second-order valence-corrected chi connectivity index (χ2v) is 5.25. The maximum atomic E-state index is 3.52. The standard InChI is InChI=1S/C12H15N.C3H8/c1-9-2-3-11-10(6-9)7-13-8-12(11)4-5-12;1-3-2/h2-3,6,13H,4-5,7-8H2,1H3;3H2,1-2H3. The third-order valence-corrected chi connectivity index (χ3v) is 3.46. The Hall–Kier alpha value is -0.820. The molecule has 0 atom stereocenters. The van der Waals surface area contributed by atoms with E-state index in [1.807, 2.05) is 0 Å². The van der Waals surface area contributed by atoms with Gasteiger partial charge in [0.15, 0.2) is 0 Å². The second kappa shape index (κ2) is 4.58. The molecule has 16 heavy (non-hydrogen) atoms. The monoisotopic (exact) mass is 217 g/mol. The minimum absolute atomic E-state index is 0.543. The molecule has 1 spiro atoms. The largest absolute Gasteiger partial charge is 0.312 e. The average Bonchev–Trinajstić information content (AvgIpc) is 3.00. The number of hydrogen-bond donors (Lipinski definition) is 1. The molecule has 2 aliphatic rings. The fourth-order valence-corrected chi connectivity index (χ4v) is 2.51. The van der Waals surface area contributed by atoms with E-state index in [9.17, 15) is 0 Å². The lowest BCUT2D eigenvalue weighted by Gasteiger charge is -2.26. The van der Waals surface area contributed by atoms with Crippen LogP contribution < -0.4 is 5.32 Å². The number of hydrogen-bond acceptors (Lipinski definition) is 1. The van der Waals surface area contributed by atoms with Crippen LogP contribution in [0.1, 0.15) is 49.8 Å². The van der Waals surface area contributed by atoms with Gasteiger partial charge in [-0.1, -0.05) is 44.0 Å². The van der Waals surface area contributed by atoms with E-state index >= 15 is 0 Å². The summed E-state index contributed by atoms with van der Waals surface area (Å²) in [7, 11) is 0. The Morgan fingerprint density at radius 2 is 1.94 bits per heavy atom. The highest BCUT2D eigenvalue weighted by Gasteiger charge is 2.46. The van der Waals surface area contributed by atoms with Crippen molar-refractivity contribution in [3.63, 3.8) is 0 Å². The Morgan fingerprint density at radius 1 is 1.25 bits per heavy atom. The Morgan fingerprint density at radius 3 is 2.56 bits per heavy atom. The highest BCUT2D eigenvalue weighted by molar-refractivity contribution is 5.43. The van der Waals surface area contributed by atoms with Crippen molar-refractivity contribution >= 4 is 0 Å². The predicted molar refractivity (Wildman–Crippen MR) is 69.8 cm³/mol. The predicted octanol–water partition coefficient (Wildman–Crippen LogP) is 3.55. The summed E-state index contributed by atoms with van der Waals surface area (Å²) in [5.41, 5.74) is 5.08. The van der Waals surface area contributed by atoms with E-state index in [0.717, 1.165) is 6.54 Å². The van der Waals surface area contributed by atoms with Crippen LogP contribution >= 0.6 is 0 Å². The molecule has 3 rings (SSSR count). The van der Waals surface area contributed by atoms with E-state index in [0.29, 0.717) is 5.41 Å². The number of aryl methyl sites for hydroxylation is 1. The van der Waals surface area contributed by atoms with Crippen LogP contribution in [0.5, 0.6) is 0 Å². The van der Waals surface area contributed by atoms with Crippen molar-refractivity contribution < 1.29 is 0 Å². The van der Waals surface area contributed by atoms with Gasteiger partial charge in [-0.25, -0.2) is 0 Å². The Kier molecular flexibility index (Phi) is 3.34. The van der Waals surface area contributed by atoms with Crippen LogP contribution in [0.25, 0.3) is 0 Å². The maximum Gasteiger partial charge on any atom is 0.0208 e. The minimum Gasteiger partial charge on any atom is -0.312 e. The van der Waals surface area contributed by atoms with Gasteiger partial charge in [0.25, 0.3) is 0 Å². The molecule has 1 aliphatic carbocycles. The Bertz CT molecular complexity index is 364. The third kappa shape index (κ3) is 2.15. The van der Waals surface area contributed by atoms with Crippen molar-refractivity contribution in [2.75, 3.05) is 6.54 Å². The Labute approximate surface area is 99.3 Å². The topological polar surface area (TPSA) is 12.0 Å². The lowest BCUT2D eigenvalue weighted by molar-refractivity contribution is 0.531. The highest BCUT2D eigenvalue weighted by atomic mass is 14.9. The second-order valence-electron chi connectivity index (χ2n) is 5.25. The summed E-state index contributed by atoms with van der Waals surface area (Å²) in [6.07, 6.45) is 4.02. The maximum absolute atomic E-state index is 3.52. The zero-order chi connectivity index (χ0) is 11.6. The zero-order valence-electron chi connectivity index (χ0n) is 10.8. The lowest BCUT2D eigenvalue weighted by Crippen LogP contribution is -2.33. The van der Waals surface area contributed by atoms with Crippen LogP contribution in [0.4, 0.5) is 0 Å². The Balaban J connectivity index is 0.000000292. The molecule has 0 saturated heterocycles. The molecular formula is C15H23N. The molecule has 1 aromatic carbocycles. The van der Waals surface area contributed by atoms with Crippen molar-refractivity contribution in [3.05, 3.63) is 34.9 Å². The van der Waals surface area contributed by atoms with Crippen molar-refractivity contribution in [1.82, 2.24) is 5.32 Å². The number of nitrogens with one attached hydrogen (secondary N) is 1. The molecule has 0 bridgehead atoms. The van der Waals surface area contributed by atoms with Gasteiger partial charge in [-0.05, 0) is 30.9 Å². The molecule has 1 N–H and O–H groups in total. The summed E-state index contributed by atoms with van der Waals surface area (Å²) >= 11 is 0. The van der Waals surface area contributed by atoms with Gasteiger partial charge in [-0.2, -0.15) is 0 Å². The van der Waals surface area contributed by atoms with Crippen LogP contribution in [0.2, 0.25) is 0 Å². The number of rotatable bonds is 0. The summed E-state index contributed by atoms with van der Waals surface area (Å²) in [4.78, 5) is 0. The van der Waals surface area contributed by atoms with Crippen LogP contribution in [0.3, 0.4) is 0 Å². The van der Waals surface area contributed by atoms with Gasteiger partial charge in [0.2, 0.25) is 0 Å². The average molecular weight is 217 g/mol. The van der Waals surface area contributed by atoms with Gasteiger partial charge in [0.1, 0.15) is 0 Å². The third-order valence-electron chi connectivity index (χ3n) is 3.46. The molecule has 1 fully saturated rings. The molecule has 1 heterocycles. The first-order valence-corrected chi connectivity index (χ1v) is 6.52. The molecule has 0 aromatic heterocycles. The summed E-state index contributed by atoms with van der Waals surface area (Å²) < 4.78 is 0. The molecule has 0 unspecified atom stereocenters. The van der Waals surface area contributed by atoms with Crippen LogP contribution in [0.15, 0.2) is 18.2 Å². The quantitative estimate of drug-likeness (QED) is 0.701. The van der Waals surface area contributed by atoms with Crippen LogP contribution in [-0.2, 0) is 12.0 Å². The first-order valence-electron chi connectivity index (χ1n) is 6.52. The molecule has 1 nitrogen and oxygen atoms in total. The normalized spacial score (nSPS) is 19.7. The molecular weight excluding hydrogens is 194 g/mol. The molecule has 1 aromatic rings. The fraction of sp³-hybridized carbons (Fsp3) is 0.600. The summed E-state index contributed by atoms with van der Waals surface area (Å²) in [5, 5.41) is 3.52. The van der Waals surface area contributed by atoms with Crippen molar-refractivity contribution in [3.8, 4) is 0 Å². The first-order chi connectivity index (χ1) is 7.72. The van der Waals surface area contributed by atoms with Gasteiger partial charge in [0.05, 0.1) is 0 Å². The summed E-state index contributed by atoms with van der Waals surface area (Å²) in [6.45, 7) is 8.69. The van der Waals surface area contributed by atoms with Gasteiger partial charge in [-0.3, -0.25) is 0 Å². The van der Waals surface area contributed by atoms with Crippen molar-refractivity contribution in [2.45, 2.75) is 52.0 Å². The van der Waals surface area contributed by atoms with Crippen LogP contribution in [-0.4, -0.2) is 6.54 Å². The highest BCUT2D eigenvalue weighted by Crippen LogP contribution is 2.50. The smallest absolute Gasteiger partial charge is 0.0208 e. The summed E-state index contributed by atoms with van der Waals surface area (Å²) in [6, 6.07) is 6.93.